The molecule has 1 spiro atoms. The van der Waals surface area contributed by atoms with Crippen LogP contribution < -0.4 is 0 Å². The quantitative estimate of drug-likeness (QED) is 0.738. The maximum atomic E-state index is 13.0. The number of hydrogen-bond donors (Lipinski definition) is 0. The highest BCUT2D eigenvalue weighted by molar-refractivity contribution is 5.80. The number of rotatable bonds is 4. The second kappa shape index (κ2) is 7.86. The van der Waals surface area contributed by atoms with Gasteiger partial charge in [0.15, 0.2) is 0 Å². The molecule has 1 aliphatic carbocycles. The van der Waals surface area contributed by atoms with Crippen molar-refractivity contribution in [1.82, 2.24) is 4.90 Å². The van der Waals surface area contributed by atoms with Crippen molar-refractivity contribution in [3.05, 3.63) is 35.9 Å². The molecule has 28 heavy (non-hydrogen) atoms. The van der Waals surface area contributed by atoms with Crippen molar-refractivity contribution in [2.24, 2.45) is 5.41 Å². The summed E-state index contributed by atoms with van der Waals surface area (Å²) in [5.41, 5.74) is -0.318. The molecule has 5 nitrogen and oxygen atoms in total. The van der Waals surface area contributed by atoms with Gasteiger partial charge in [-0.1, -0.05) is 43.2 Å². The van der Waals surface area contributed by atoms with Crippen LogP contribution in [0.3, 0.4) is 0 Å². The number of piperidine rings is 1. The summed E-state index contributed by atoms with van der Waals surface area (Å²) in [6.45, 7) is 1.89. The lowest BCUT2D eigenvalue weighted by Crippen LogP contribution is -2.47. The molecule has 1 aromatic rings. The zero-order chi connectivity index (χ0) is 19.6. The first-order valence-electron chi connectivity index (χ1n) is 10.7. The van der Waals surface area contributed by atoms with Gasteiger partial charge >= 0.3 is 11.9 Å². The highest BCUT2D eigenvalue weighted by Crippen LogP contribution is 2.52. The molecule has 0 aromatic heterocycles. The number of hydrogen-bond acceptors (Lipinski definition) is 5. The summed E-state index contributed by atoms with van der Waals surface area (Å²) in [5, 5.41) is 0. The Kier molecular flexibility index (Phi) is 5.46. The number of benzene rings is 1. The van der Waals surface area contributed by atoms with E-state index in [2.05, 4.69) is 11.9 Å². The zero-order valence-electron chi connectivity index (χ0n) is 16.8. The van der Waals surface area contributed by atoms with Crippen molar-refractivity contribution < 1.29 is 19.1 Å². The first kappa shape index (κ1) is 19.4. The van der Waals surface area contributed by atoms with E-state index >= 15 is 0 Å². The molecule has 3 fully saturated rings. The van der Waals surface area contributed by atoms with E-state index in [9.17, 15) is 9.59 Å². The highest BCUT2D eigenvalue weighted by atomic mass is 16.6. The first-order chi connectivity index (χ1) is 13.5. The predicted octanol–water partition coefficient (Wildman–Crippen LogP) is 3.81. The summed E-state index contributed by atoms with van der Waals surface area (Å²) in [5.74, 6) is -0.374. The summed E-state index contributed by atoms with van der Waals surface area (Å²) in [6, 6.07) is 9.74. The fraction of sp³-hybridized carbons (Fsp3) is 0.652. The Balaban J connectivity index is 1.50. The number of cyclic esters (lactones) is 1. The van der Waals surface area contributed by atoms with Gasteiger partial charge in [-0.3, -0.25) is 9.59 Å². The van der Waals surface area contributed by atoms with Crippen LogP contribution >= 0.6 is 0 Å². The van der Waals surface area contributed by atoms with Crippen LogP contribution in [0.1, 0.15) is 63.4 Å². The SMILES string of the molecule is CN1CCC(OC(=O)CC2(c3ccccc3)CCC3(CCCC3)C(=O)O2)CC1. The molecule has 1 aromatic carbocycles. The molecule has 2 aliphatic heterocycles. The number of ether oxygens (including phenoxy) is 2. The average Bonchev–Trinajstić information content (AvgIpc) is 3.18. The topological polar surface area (TPSA) is 55.8 Å². The van der Waals surface area contributed by atoms with E-state index in [1.165, 1.54) is 0 Å². The van der Waals surface area contributed by atoms with E-state index < -0.39 is 5.60 Å². The van der Waals surface area contributed by atoms with E-state index in [1.807, 2.05) is 30.3 Å². The summed E-state index contributed by atoms with van der Waals surface area (Å²) >= 11 is 0. The van der Waals surface area contributed by atoms with E-state index in [1.54, 1.807) is 0 Å². The van der Waals surface area contributed by atoms with Crippen LogP contribution in [0.5, 0.6) is 0 Å². The largest absolute Gasteiger partial charge is 0.462 e. The second-order valence-electron chi connectivity index (χ2n) is 8.91. The maximum Gasteiger partial charge on any atom is 0.312 e. The van der Waals surface area contributed by atoms with Gasteiger partial charge in [0.1, 0.15) is 11.7 Å². The third kappa shape index (κ3) is 3.82. The van der Waals surface area contributed by atoms with Crippen molar-refractivity contribution in [1.29, 1.82) is 0 Å². The molecule has 0 radical (unpaired) electrons. The van der Waals surface area contributed by atoms with Crippen LogP contribution in [0.25, 0.3) is 0 Å². The van der Waals surface area contributed by atoms with E-state index in [0.29, 0.717) is 6.42 Å². The van der Waals surface area contributed by atoms with Gasteiger partial charge in [0.05, 0.1) is 11.8 Å². The zero-order valence-corrected chi connectivity index (χ0v) is 16.8. The monoisotopic (exact) mass is 385 g/mol. The molecule has 2 saturated heterocycles. The third-order valence-corrected chi connectivity index (χ3v) is 6.98. The van der Waals surface area contributed by atoms with Crippen molar-refractivity contribution in [3.8, 4) is 0 Å². The molecule has 2 heterocycles. The predicted molar refractivity (Wildman–Crippen MR) is 106 cm³/mol. The van der Waals surface area contributed by atoms with Crippen LogP contribution in [0, 0.1) is 5.41 Å². The van der Waals surface area contributed by atoms with Crippen LogP contribution in [0.4, 0.5) is 0 Å². The van der Waals surface area contributed by atoms with Gasteiger partial charge in [-0.05, 0) is 51.1 Å². The van der Waals surface area contributed by atoms with Gasteiger partial charge in [0.2, 0.25) is 0 Å². The van der Waals surface area contributed by atoms with Crippen LogP contribution in [0.15, 0.2) is 30.3 Å². The lowest BCUT2D eigenvalue weighted by molar-refractivity contribution is -0.192. The highest BCUT2D eigenvalue weighted by Gasteiger charge is 2.53. The molecule has 1 unspecified atom stereocenters. The Morgan fingerprint density at radius 2 is 1.79 bits per heavy atom. The van der Waals surface area contributed by atoms with Gasteiger partial charge < -0.3 is 14.4 Å². The molecule has 1 saturated carbocycles. The van der Waals surface area contributed by atoms with E-state index in [4.69, 9.17) is 9.47 Å². The summed E-state index contributed by atoms with van der Waals surface area (Å²) in [6.07, 6.45) is 7.29. The van der Waals surface area contributed by atoms with Crippen LogP contribution in [-0.2, 0) is 24.7 Å². The van der Waals surface area contributed by atoms with Gasteiger partial charge in [0.25, 0.3) is 0 Å². The maximum absolute atomic E-state index is 13.0. The molecule has 0 amide bonds. The Bertz CT molecular complexity index is 705. The molecule has 0 N–H and O–H groups in total. The number of nitrogens with zero attached hydrogens (tertiary/aromatic N) is 1. The summed E-state index contributed by atoms with van der Waals surface area (Å²) in [7, 11) is 2.09. The minimum atomic E-state index is -0.894. The standard InChI is InChI=1S/C23H31NO4/c1-24-15-9-19(10-16-24)27-20(25)17-23(18-7-3-2-4-8-18)14-13-22(21(26)28-23)11-5-6-12-22/h2-4,7-8,19H,5-6,9-17H2,1H3. The Labute approximate surface area is 167 Å². The molecule has 4 rings (SSSR count). The minimum Gasteiger partial charge on any atom is -0.462 e. The third-order valence-electron chi connectivity index (χ3n) is 6.98. The lowest BCUT2D eigenvalue weighted by Gasteiger charge is -2.43. The van der Waals surface area contributed by atoms with Crippen LogP contribution in [-0.4, -0.2) is 43.1 Å². The Morgan fingerprint density at radius 3 is 2.43 bits per heavy atom. The first-order valence-corrected chi connectivity index (χ1v) is 10.7. The minimum absolute atomic E-state index is 0.0306. The molecular formula is C23H31NO4. The van der Waals surface area contributed by atoms with Crippen LogP contribution in [0.2, 0.25) is 0 Å². The fourth-order valence-corrected chi connectivity index (χ4v) is 5.12. The van der Waals surface area contributed by atoms with Gasteiger partial charge in [-0.25, -0.2) is 0 Å². The molecular weight excluding hydrogens is 354 g/mol. The Hall–Kier alpha value is -1.88. The number of carbonyl (C=O) groups excluding carboxylic acids is 2. The van der Waals surface area contributed by atoms with Gasteiger partial charge in [0, 0.05) is 13.1 Å². The molecule has 0 bridgehead atoms. The van der Waals surface area contributed by atoms with E-state index in [0.717, 1.165) is 63.6 Å². The molecule has 1 atom stereocenters. The fourth-order valence-electron chi connectivity index (χ4n) is 5.12. The average molecular weight is 386 g/mol. The summed E-state index contributed by atoms with van der Waals surface area (Å²) < 4.78 is 11.9. The van der Waals surface area contributed by atoms with Crippen molar-refractivity contribution in [3.63, 3.8) is 0 Å². The lowest BCUT2D eigenvalue weighted by atomic mass is 9.72. The van der Waals surface area contributed by atoms with Gasteiger partial charge in [-0.2, -0.15) is 0 Å². The number of likely N-dealkylation sites (tertiary alicyclic amines) is 1. The van der Waals surface area contributed by atoms with Crippen molar-refractivity contribution >= 4 is 11.9 Å². The Morgan fingerprint density at radius 1 is 1.11 bits per heavy atom. The smallest absolute Gasteiger partial charge is 0.312 e. The van der Waals surface area contributed by atoms with Gasteiger partial charge in [-0.15, -0.1) is 0 Å². The van der Waals surface area contributed by atoms with Crippen molar-refractivity contribution in [2.75, 3.05) is 20.1 Å². The molecule has 152 valence electrons. The van der Waals surface area contributed by atoms with E-state index in [-0.39, 0.29) is 29.9 Å². The second-order valence-corrected chi connectivity index (χ2v) is 8.91. The number of carbonyl (C=O) groups is 2. The molecule has 3 aliphatic rings. The normalized spacial score (nSPS) is 28.2. The summed E-state index contributed by atoms with van der Waals surface area (Å²) in [4.78, 5) is 28.1. The molecule has 5 heteroatoms. The van der Waals surface area contributed by atoms with Crippen molar-refractivity contribution in [2.45, 2.75) is 69.5 Å². The number of esters is 2.